The van der Waals surface area contributed by atoms with Gasteiger partial charge < -0.3 is 10.6 Å². The molecular weight excluding hydrogens is 220 g/mol. The molecular formula is C16H34N2. The van der Waals surface area contributed by atoms with Gasteiger partial charge in [0.25, 0.3) is 0 Å². The van der Waals surface area contributed by atoms with E-state index in [-0.39, 0.29) is 0 Å². The Morgan fingerprint density at radius 1 is 1.22 bits per heavy atom. The highest BCUT2D eigenvalue weighted by Crippen LogP contribution is 2.22. The molecule has 0 spiro atoms. The van der Waals surface area contributed by atoms with E-state index >= 15 is 0 Å². The number of nitrogens with two attached hydrogens (primary N) is 1. The summed E-state index contributed by atoms with van der Waals surface area (Å²) in [7, 11) is 0. The fraction of sp³-hybridized carbons (Fsp3) is 1.00. The van der Waals surface area contributed by atoms with Gasteiger partial charge in [-0.1, -0.05) is 33.6 Å². The molecule has 2 N–H and O–H groups in total. The van der Waals surface area contributed by atoms with E-state index in [1.165, 1.54) is 58.2 Å². The molecule has 0 bridgehead atoms. The van der Waals surface area contributed by atoms with Crippen LogP contribution in [0.5, 0.6) is 0 Å². The highest BCUT2D eigenvalue weighted by Gasteiger charge is 2.19. The van der Waals surface area contributed by atoms with Crippen LogP contribution in [0.3, 0.4) is 0 Å². The molecule has 0 aromatic rings. The van der Waals surface area contributed by atoms with Crippen molar-refractivity contribution >= 4 is 0 Å². The number of likely N-dealkylation sites (tertiary alicyclic amines) is 1. The summed E-state index contributed by atoms with van der Waals surface area (Å²) in [5, 5.41) is 0. The number of hydrogen-bond acceptors (Lipinski definition) is 2. The number of nitrogens with zero attached hydrogens (tertiary/aromatic N) is 1. The monoisotopic (exact) mass is 254 g/mol. The van der Waals surface area contributed by atoms with Gasteiger partial charge in [-0.05, 0) is 69.6 Å². The maximum absolute atomic E-state index is 5.88. The second kappa shape index (κ2) is 8.92. The fourth-order valence-corrected chi connectivity index (χ4v) is 3.27. The van der Waals surface area contributed by atoms with E-state index in [2.05, 4.69) is 25.7 Å². The molecule has 0 aromatic carbocycles. The molecule has 1 aliphatic rings. The Labute approximate surface area is 114 Å². The van der Waals surface area contributed by atoms with Crippen LogP contribution < -0.4 is 5.73 Å². The molecule has 1 saturated heterocycles. The van der Waals surface area contributed by atoms with Gasteiger partial charge in [0.05, 0.1) is 0 Å². The van der Waals surface area contributed by atoms with Crippen molar-refractivity contribution in [2.75, 3.05) is 26.2 Å². The lowest BCUT2D eigenvalue weighted by Crippen LogP contribution is -2.35. The Hall–Kier alpha value is -0.0800. The van der Waals surface area contributed by atoms with E-state index in [0.29, 0.717) is 0 Å². The topological polar surface area (TPSA) is 29.3 Å². The lowest BCUT2D eigenvalue weighted by atomic mass is 9.91. The minimum atomic E-state index is 0.735. The third kappa shape index (κ3) is 6.19. The second-order valence-corrected chi connectivity index (χ2v) is 6.59. The summed E-state index contributed by atoms with van der Waals surface area (Å²) in [4.78, 5) is 2.66. The molecule has 2 nitrogen and oxygen atoms in total. The van der Waals surface area contributed by atoms with Crippen LogP contribution in [0.25, 0.3) is 0 Å². The van der Waals surface area contributed by atoms with E-state index in [9.17, 15) is 0 Å². The summed E-state index contributed by atoms with van der Waals surface area (Å²) in [5.74, 6) is 2.53. The Balaban J connectivity index is 2.16. The third-order valence-corrected chi connectivity index (χ3v) is 4.40. The fourth-order valence-electron chi connectivity index (χ4n) is 3.27. The summed E-state index contributed by atoms with van der Waals surface area (Å²) >= 11 is 0. The minimum absolute atomic E-state index is 0.735. The molecule has 0 saturated carbocycles. The molecule has 1 aliphatic heterocycles. The summed E-state index contributed by atoms with van der Waals surface area (Å²) in [6, 6.07) is 0. The summed E-state index contributed by atoms with van der Waals surface area (Å²) in [6.07, 6.45) is 8.23. The molecule has 1 unspecified atom stereocenters. The van der Waals surface area contributed by atoms with E-state index in [4.69, 9.17) is 5.73 Å². The molecule has 108 valence electrons. The van der Waals surface area contributed by atoms with E-state index in [1.54, 1.807) is 0 Å². The average molecular weight is 254 g/mol. The molecule has 0 aliphatic carbocycles. The minimum Gasteiger partial charge on any atom is -0.330 e. The largest absolute Gasteiger partial charge is 0.330 e. The van der Waals surface area contributed by atoms with Crippen LogP contribution in [0.1, 0.15) is 59.3 Å². The van der Waals surface area contributed by atoms with Gasteiger partial charge in [0, 0.05) is 0 Å². The SMILES string of the molecule is CCCC1CCN(CCC(CN)CC(C)C)CC1. The predicted molar refractivity (Wildman–Crippen MR) is 80.7 cm³/mol. The van der Waals surface area contributed by atoms with Crippen molar-refractivity contribution in [1.82, 2.24) is 4.90 Å². The molecule has 0 radical (unpaired) electrons. The van der Waals surface area contributed by atoms with Crippen LogP contribution in [0.15, 0.2) is 0 Å². The van der Waals surface area contributed by atoms with Crippen molar-refractivity contribution in [3.63, 3.8) is 0 Å². The lowest BCUT2D eigenvalue weighted by molar-refractivity contribution is 0.166. The smallest absolute Gasteiger partial charge is 0.00156 e. The molecule has 0 aromatic heterocycles. The Kier molecular flexibility index (Phi) is 7.92. The van der Waals surface area contributed by atoms with Crippen molar-refractivity contribution < 1.29 is 0 Å². The third-order valence-electron chi connectivity index (χ3n) is 4.40. The van der Waals surface area contributed by atoms with Crippen molar-refractivity contribution in [2.24, 2.45) is 23.5 Å². The summed E-state index contributed by atoms with van der Waals surface area (Å²) in [6.45, 7) is 11.7. The van der Waals surface area contributed by atoms with Gasteiger partial charge in [0.2, 0.25) is 0 Å². The average Bonchev–Trinajstić information content (AvgIpc) is 2.36. The zero-order chi connectivity index (χ0) is 13.4. The van der Waals surface area contributed by atoms with Gasteiger partial charge in [0.15, 0.2) is 0 Å². The zero-order valence-electron chi connectivity index (χ0n) is 12.8. The summed E-state index contributed by atoms with van der Waals surface area (Å²) < 4.78 is 0. The number of piperidine rings is 1. The molecule has 18 heavy (non-hydrogen) atoms. The molecule has 1 heterocycles. The van der Waals surface area contributed by atoms with Crippen LogP contribution in [-0.4, -0.2) is 31.1 Å². The molecule has 1 rings (SSSR count). The first-order chi connectivity index (χ1) is 8.65. The van der Waals surface area contributed by atoms with Crippen LogP contribution in [0.2, 0.25) is 0 Å². The Bertz CT molecular complexity index is 195. The molecule has 2 heteroatoms. The maximum Gasteiger partial charge on any atom is -0.00156 e. The number of hydrogen-bond donors (Lipinski definition) is 1. The normalized spacial score (nSPS) is 20.5. The summed E-state index contributed by atoms with van der Waals surface area (Å²) in [5.41, 5.74) is 5.88. The van der Waals surface area contributed by atoms with Gasteiger partial charge in [0.1, 0.15) is 0 Å². The first kappa shape index (κ1) is 16.0. The van der Waals surface area contributed by atoms with E-state index in [0.717, 1.165) is 24.3 Å². The van der Waals surface area contributed by atoms with Gasteiger partial charge in [-0.3, -0.25) is 0 Å². The predicted octanol–water partition coefficient (Wildman–Crippen LogP) is 3.51. The van der Waals surface area contributed by atoms with Crippen molar-refractivity contribution in [3.05, 3.63) is 0 Å². The Morgan fingerprint density at radius 3 is 2.39 bits per heavy atom. The zero-order valence-corrected chi connectivity index (χ0v) is 12.8. The van der Waals surface area contributed by atoms with Gasteiger partial charge in [-0.15, -0.1) is 0 Å². The number of rotatable bonds is 8. The first-order valence-electron chi connectivity index (χ1n) is 8.08. The molecule has 1 fully saturated rings. The van der Waals surface area contributed by atoms with E-state index < -0.39 is 0 Å². The Morgan fingerprint density at radius 2 is 1.89 bits per heavy atom. The van der Waals surface area contributed by atoms with Gasteiger partial charge in [-0.2, -0.15) is 0 Å². The van der Waals surface area contributed by atoms with Crippen molar-refractivity contribution in [3.8, 4) is 0 Å². The van der Waals surface area contributed by atoms with E-state index in [1.807, 2.05) is 0 Å². The van der Waals surface area contributed by atoms with Crippen LogP contribution in [-0.2, 0) is 0 Å². The first-order valence-corrected chi connectivity index (χ1v) is 8.08. The van der Waals surface area contributed by atoms with Crippen LogP contribution in [0, 0.1) is 17.8 Å². The van der Waals surface area contributed by atoms with Crippen molar-refractivity contribution in [1.29, 1.82) is 0 Å². The van der Waals surface area contributed by atoms with Gasteiger partial charge in [-0.25, -0.2) is 0 Å². The lowest BCUT2D eigenvalue weighted by Gasteiger charge is -2.32. The van der Waals surface area contributed by atoms with Crippen molar-refractivity contribution in [2.45, 2.75) is 59.3 Å². The quantitative estimate of drug-likeness (QED) is 0.718. The highest BCUT2D eigenvalue weighted by atomic mass is 15.1. The maximum atomic E-state index is 5.88. The van der Waals surface area contributed by atoms with Crippen LogP contribution >= 0.6 is 0 Å². The molecule has 1 atom stereocenters. The molecule has 0 amide bonds. The second-order valence-electron chi connectivity index (χ2n) is 6.59. The van der Waals surface area contributed by atoms with Gasteiger partial charge >= 0.3 is 0 Å². The highest BCUT2D eigenvalue weighted by molar-refractivity contribution is 4.73. The van der Waals surface area contributed by atoms with Crippen LogP contribution in [0.4, 0.5) is 0 Å². The standard InChI is InChI=1S/C16H34N2/c1-4-5-15-6-9-18(10-7-15)11-8-16(13-17)12-14(2)3/h14-16H,4-13,17H2,1-3H3.